The van der Waals surface area contributed by atoms with Crippen molar-refractivity contribution >= 4 is 5.69 Å². The van der Waals surface area contributed by atoms with Gasteiger partial charge in [-0.15, -0.1) is 0 Å². The highest BCUT2D eigenvalue weighted by Gasteiger charge is 2.39. The maximum Gasteiger partial charge on any atom is 0.123 e. The Balaban J connectivity index is 1.48. The maximum atomic E-state index is 13.2. The first-order valence-corrected chi connectivity index (χ1v) is 9.42. The zero-order valence-corrected chi connectivity index (χ0v) is 15.1. The molecule has 1 atom stereocenters. The lowest BCUT2D eigenvalue weighted by molar-refractivity contribution is 0.0106. The van der Waals surface area contributed by atoms with Crippen LogP contribution >= 0.6 is 0 Å². The minimum Gasteiger partial charge on any atom is -0.379 e. The molecule has 0 aliphatic carbocycles. The molecule has 0 radical (unpaired) electrons. The highest BCUT2D eigenvalue weighted by Crippen LogP contribution is 2.35. The summed E-state index contributed by atoms with van der Waals surface area (Å²) >= 11 is 0. The van der Waals surface area contributed by atoms with E-state index in [4.69, 9.17) is 4.74 Å². The monoisotopic (exact) mass is 355 g/mol. The van der Waals surface area contributed by atoms with Crippen LogP contribution in [0, 0.1) is 11.2 Å². The van der Waals surface area contributed by atoms with Crippen LogP contribution in [-0.2, 0) is 11.3 Å². The molecule has 2 saturated heterocycles. The predicted molar refractivity (Wildman–Crippen MR) is 101 cm³/mol. The van der Waals surface area contributed by atoms with Crippen molar-refractivity contribution in [3.05, 3.63) is 60.2 Å². The van der Waals surface area contributed by atoms with Gasteiger partial charge in [0.25, 0.3) is 0 Å². The van der Waals surface area contributed by atoms with E-state index in [1.165, 1.54) is 24.1 Å². The Kier molecular flexibility index (Phi) is 5.18. The van der Waals surface area contributed by atoms with Crippen molar-refractivity contribution in [2.45, 2.75) is 19.4 Å². The first-order chi connectivity index (χ1) is 12.7. The molecule has 3 heterocycles. The molecule has 0 bridgehead atoms. The molecule has 26 heavy (non-hydrogen) atoms. The number of pyridine rings is 1. The molecule has 2 aromatic rings. The SMILES string of the molecule is Fc1ccc(CN2CCC[C@@]3(COCCN(c4cccnc4)C3)C2)cc1. The third-order valence-electron chi connectivity index (χ3n) is 5.51. The Labute approximate surface area is 154 Å². The van der Waals surface area contributed by atoms with Gasteiger partial charge in [0.2, 0.25) is 0 Å². The standard InChI is InChI=1S/C21H26FN3O/c22-19-6-4-18(5-7-19)14-24-10-2-8-21(15-24)16-25(11-12-26-17-21)20-3-1-9-23-13-20/h1,3-7,9,13H,2,8,10-12,14-17H2/t21-/m1/s1. The second kappa shape index (κ2) is 7.72. The van der Waals surface area contributed by atoms with Crippen LogP contribution < -0.4 is 4.90 Å². The molecular formula is C21H26FN3O. The number of rotatable bonds is 3. The van der Waals surface area contributed by atoms with Crippen LogP contribution in [0.4, 0.5) is 10.1 Å². The Morgan fingerprint density at radius 1 is 1.12 bits per heavy atom. The molecule has 4 rings (SSSR count). The van der Waals surface area contributed by atoms with Crippen LogP contribution in [0.3, 0.4) is 0 Å². The fraction of sp³-hybridized carbons (Fsp3) is 0.476. The van der Waals surface area contributed by atoms with Crippen LogP contribution in [0.25, 0.3) is 0 Å². The van der Waals surface area contributed by atoms with Crippen molar-refractivity contribution < 1.29 is 9.13 Å². The third kappa shape index (κ3) is 4.05. The van der Waals surface area contributed by atoms with Gasteiger partial charge in [0.1, 0.15) is 5.82 Å². The van der Waals surface area contributed by atoms with Crippen LogP contribution in [0.2, 0.25) is 0 Å². The summed E-state index contributed by atoms with van der Waals surface area (Å²) < 4.78 is 19.2. The summed E-state index contributed by atoms with van der Waals surface area (Å²) in [5, 5.41) is 0. The second-order valence-electron chi connectivity index (χ2n) is 7.63. The molecule has 1 aromatic heterocycles. The molecule has 0 unspecified atom stereocenters. The van der Waals surface area contributed by atoms with Gasteiger partial charge in [-0.05, 0) is 49.2 Å². The highest BCUT2D eigenvalue weighted by atomic mass is 19.1. The van der Waals surface area contributed by atoms with Gasteiger partial charge in [-0.1, -0.05) is 12.1 Å². The summed E-state index contributed by atoms with van der Waals surface area (Å²) in [6.45, 7) is 6.45. The van der Waals surface area contributed by atoms with E-state index in [0.29, 0.717) is 0 Å². The minimum atomic E-state index is -0.173. The molecular weight excluding hydrogens is 329 g/mol. The molecule has 2 aliphatic rings. The number of likely N-dealkylation sites (tertiary alicyclic amines) is 1. The largest absolute Gasteiger partial charge is 0.379 e. The fourth-order valence-corrected chi connectivity index (χ4v) is 4.29. The number of benzene rings is 1. The molecule has 1 aromatic carbocycles. The fourth-order valence-electron chi connectivity index (χ4n) is 4.29. The normalized spacial score (nSPS) is 24.6. The zero-order chi connectivity index (χ0) is 17.8. The van der Waals surface area contributed by atoms with Gasteiger partial charge in [-0.25, -0.2) is 4.39 Å². The zero-order valence-electron chi connectivity index (χ0n) is 15.1. The number of nitrogens with zero attached hydrogens (tertiary/aromatic N) is 3. The lowest BCUT2D eigenvalue weighted by Gasteiger charge is -2.44. The lowest BCUT2D eigenvalue weighted by atomic mass is 9.80. The molecule has 2 aliphatic heterocycles. The second-order valence-corrected chi connectivity index (χ2v) is 7.63. The topological polar surface area (TPSA) is 28.6 Å². The van der Waals surface area contributed by atoms with Gasteiger partial charge in [0.05, 0.1) is 25.1 Å². The first-order valence-electron chi connectivity index (χ1n) is 9.42. The molecule has 0 amide bonds. The number of anilines is 1. The average Bonchev–Trinajstić information content (AvgIpc) is 2.87. The molecule has 138 valence electrons. The van der Waals surface area contributed by atoms with Gasteiger partial charge in [0, 0.05) is 37.8 Å². The Bertz CT molecular complexity index is 709. The van der Waals surface area contributed by atoms with E-state index in [1.54, 1.807) is 12.1 Å². The first kappa shape index (κ1) is 17.4. The van der Waals surface area contributed by atoms with E-state index in [1.807, 2.05) is 30.6 Å². The van der Waals surface area contributed by atoms with E-state index in [-0.39, 0.29) is 11.2 Å². The molecule has 5 heteroatoms. The number of hydrogen-bond acceptors (Lipinski definition) is 4. The molecule has 4 nitrogen and oxygen atoms in total. The van der Waals surface area contributed by atoms with Gasteiger partial charge < -0.3 is 9.64 Å². The summed E-state index contributed by atoms with van der Waals surface area (Å²) in [6.07, 6.45) is 6.12. The van der Waals surface area contributed by atoms with Crippen molar-refractivity contribution in [2.75, 3.05) is 44.3 Å². The van der Waals surface area contributed by atoms with Crippen molar-refractivity contribution in [3.63, 3.8) is 0 Å². The van der Waals surface area contributed by atoms with E-state index < -0.39 is 0 Å². The Morgan fingerprint density at radius 2 is 2.00 bits per heavy atom. The average molecular weight is 355 g/mol. The van der Waals surface area contributed by atoms with Crippen molar-refractivity contribution in [3.8, 4) is 0 Å². The van der Waals surface area contributed by atoms with E-state index in [2.05, 4.69) is 20.9 Å². The quantitative estimate of drug-likeness (QED) is 0.844. The number of halogens is 1. The summed E-state index contributed by atoms with van der Waals surface area (Å²) in [4.78, 5) is 9.19. The smallest absolute Gasteiger partial charge is 0.123 e. The van der Waals surface area contributed by atoms with Gasteiger partial charge >= 0.3 is 0 Å². The molecule has 1 spiro atoms. The number of aromatic nitrogens is 1. The van der Waals surface area contributed by atoms with E-state index in [9.17, 15) is 4.39 Å². The summed E-state index contributed by atoms with van der Waals surface area (Å²) in [5.41, 5.74) is 2.49. The van der Waals surface area contributed by atoms with Gasteiger partial charge in [-0.2, -0.15) is 0 Å². The van der Waals surface area contributed by atoms with Crippen molar-refractivity contribution in [1.29, 1.82) is 0 Å². The summed E-state index contributed by atoms with van der Waals surface area (Å²) in [7, 11) is 0. The van der Waals surface area contributed by atoms with Gasteiger partial charge in [0.15, 0.2) is 0 Å². The summed E-state index contributed by atoms with van der Waals surface area (Å²) in [5.74, 6) is -0.173. The number of piperidine rings is 1. The van der Waals surface area contributed by atoms with Crippen molar-refractivity contribution in [2.24, 2.45) is 5.41 Å². The number of ether oxygens (including phenoxy) is 1. The van der Waals surface area contributed by atoms with Crippen LogP contribution in [0.15, 0.2) is 48.8 Å². The van der Waals surface area contributed by atoms with Gasteiger partial charge in [-0.3, -0.25) is 9.88 Å². The molecule has 2 fully saturated rings. The Morgan fingerprint density at radius 3 is 2.81 bits per heavy atom. The minimum absolute atomic E-state index is 0.143. The van der Waals surface area contributed by atoms with E-state index in [0.717, 1.165) is 45.9 Å². The van der Waals surface area contributed by atoms with Crippen LogP contribution in [0.1, 0.15) is 18.4 Å². The van der Waals surface area contributed by atoms with Crippen LogP contribution in [-0.4, -0.2) is 49.3 Å². The summed E-state index contributed by atoms with van der Waals surface area (Å²) in [6, 6.07) is 11.0. The lowest BCUT2D eigenvalue weighted by Crippen LogP contribution is -2.50. The van der Waals surface area contributed by atoms with E-state index >= 15 is 0 Å². The molecule has 0 saturated carbocycles. The van der Waals surface area contributed by atoms with Crippen LogP contribution in [0.5, 0.6) is 0 Å². The maximum absolute atomic E-state index is 13.2. The highest BCUT2D eigenvalue weighted by molar-refractivity contribution is 5.44. The Hall–Kier alpha value is -1.98. The predicted octanol–water partition coefficient (Wildman–Crippen LogP) is 3.34. The number of hydrogen-bond donors (Lipinski definition) is 0. The van der Waals surface area contributed by atoms with Crippen molar-refractivity contribution in [1.82, 2.24) is 9.88 Å². The third-order valence-corrected chi connectivity index (χ3v) is 5.51. The molecule has 0 N–H and O–H groups in total.